The topological polar surface area (TPSA) is 124 Å². The number of carbonyl (C=O) groups is 2. The van der Waals surface area contributed by atoms with Crippen molar-refractivity contribution in [3.63, 3.8) is 0 Å². The lowest BCUT2D eigenvalue weighted by atomic mass is 9.73. The molecule has 1 atom stereocenters. The van der Waals surface area contributed by atoms with Crippen molar-refractivity contribution in [1.82, 2.24) is 15.0 Å². The number of alkyl halides is 2. The van der Waals surface area contributed by atoms with E-state index in [0.717, 1.165) is 11.1 Å². The van der Waals surface area contributed by atoms with Crippen molar-refractivity contribution in [1.29, 1.82) is 0 Å². The van der Waals surface area contributed by atoms with Gasteiger partial charge in [-0.05, 0) is 87.4 Å². The van der Waals surface area contributed by atoms with Gasteiger partial charge in [0.15, 0.2) is 0 Å². The zero-order valence-corrected chi connectivity index (χ0v) is 23.3. The molecule has 218 valence electrons. The average molecular weight is 569 g/mol. The van der Waals surface area contributed by atoms with Crippen LogP contribution in [0.2, 0.25) is 0 Å². The van der Waals surface area contributed by atoms with Crippen molar-refractivity contribution >= 4 is 23.6 Å². The lowest BCUT2D eigenvalue weighted by Crippen LogP contribution is -2.37. The highest BCUT2D eigenvalue weighted by Gasteiger charge is 2.39. The van der Waals surface area contributed by atoms with Crippen LogP contribution >= 0.6 is 0 Å². The van der Waals surface area contributed by atoms with Gasteiger partial charge in [-0.3, -0.25) is 14.6 Å². The minimum Gasteiger partial charge on any atom is -0.462 e. The Labute approximate surface area is 237 Å². The number of hydrogen-bond acceptors (Lipinski definition) is 9. The molecule has 0 saturated heterocycles. The van der Waals surface area contributed by atoms with E-state index in [2.05, 4.69) is 20.3 Å². The van der Waals surface area contributed by atoms with Crippen molar-refractivity contribution in [2.24, 2.45) is 11.8 Å². The fourth-order valence-corrected chi connectivity index (χ4v) is 5.05. The molecule has 0 bridgehead atoms. The molecular weight excluding hydrogens is 534 g/mol. The molecule has 2 N–H and O–H groups in total. The van der Waals surface area contributed by atoms with Crippen LogP contribution in [0, 0.1) is 18.8 Å². The second-order valence-corrected chi connectivity index (χ2v) is 10.5. The van der Waals surface area contributed by atoms with Gasteiger partial charge in [0.1, 0.15) is 30.5 Å². The van der Waals surface area contributed by atoms with Crippen LogP contribution in [0.1, 0.15) is 62.8 Å². The molecule has 0 aliphatic heterocycles. The molecular formula is C30H34F2N4O5. The molecule has 0 radical (unpaired) electrons. The Bertz CT molecular complexity index is 1360. The van der Waals surface area contributed by atoms with E-state index >= 15 is 0 Å². The first-order valence-electron chi connectivity index (χ1n) is 13.5. The van der Waals surface area contributed by atoms with Crippen LogP contribution in [-0.2, 0) is 24.7 Å². The van der Waals surface area contributed by atoms with Crippen molar-refractivity contribution in [2.45, 2.75) is 58.5 Å². The molecule has 3 aromatic rings. The first kappa shape index (κ1) is 30.0. The Morgan fingerprint density at radius 1 is 1.05 bits per heavy atom. The monoisotopic (exact) mass is 568 g/mol. The second kappa shape index (κ2) is 13.1. The molecule has 11 heteroatoms. The summed E-state index contributed by atoms with van der Waals surface area (Å²) in [6.07, 6.45) is 2.81. The number of rotatable bonds is 10. The highest BCUT2D eigenvalue weighted by Crippen LogP contribution is 2.41. The maximum atomic E-state index is 13.1. The number of ether oxygens (including phenoxy) is 2. The molecule has 1 fully saturated rings. The lowest BCUT2D eigenvalue weighted by Gasteiger charge is -2.37. The summed E-state index contributed by atoms with van der Waals surface area (Å²) in [5.74, 6) is -0.350. The van der Waals surface area contributed by atoms with Crippen LogP contribution in [0.25, 0.3) is 11.3 Å². The van der Waals surface area contributed by atoms with Crippen LogP contribution in [0.4, 0.5) is 20.4 Å². The maximum absolute atomic E-state index is 13.1. The predicted octanol–water partition coefficient (Wildman–Crippen LogP) is 5.65. The number of halogens is 2. The smallest absolute Gasteiger partial charge is 0.309 e. The van der Waals surface area contributed by atoms with Gasteiger partial charge in [-0.1, -0.05) is 0 Å². The van der Waals surface area contributed by atoms with E-state index in [-0.39, 0.29) is 42.4 Å². The van der Waals surface area contributed by atoms with E-state index < -0.39 is 18.0 Å². The molecule has 0 amide bonds. The average Bonchev–Trinajstić information content (AvgIpc) is 2.95. The van der Waals surface area contributed by atoms with Crippen LogP contribution < -0.4 is 5.32 Å². The van der Waals surface area contributed by atoms with Gasteiger partial charge >= 0.3 is 11.9 Å². The van der Waals surface area contributed by atoms with E-state index in [1.165, 1.54) is 25.3 Å². The van der Waals surface area contributed by atoms with Crippen LogP contribution in [0.15, 0.2) is 48.8 Å². The predicted molar refractivity (Wildman–Crippen MR) is 147 cm³/mol. The van der Waals surface area contributed by atoms with Gasteiger partial charge in [0.25, 0.3) is 6.43 Å². The van der Waals surface area contributed by atoms with Gasteiger partial charge in [0.2, 0.25) is 0 Å². The number of aryl methyl sites for hydroxylation is 1. The Hall–Kier alpha value is -3.99. The third-order valence-electron chi connectivity index (χ3n) is 7.33. The Morgan fingerprint density at radius 2 is 1.78 bits per heavy atom. The molecule has 0 aromatic carbocycles. The molecule has 3 heterocycles. The summed E-state index contributed by atoms with van der Waals surface area (Å²) in [6.45, 7) is 5.01. The molecule has 0 spiro atoms. The number of anilines is 2. The van der Waals surface area contributed by atoms with Gasteiger partial charge in [0, 0.05) is 30.4 Å². The Kier molecular flexibility index (Phi) is 9.59. The third kappa shape index (κ3) is 7.81. The van der Waals surface area contributed by atoms with Gasteiger partial charge in [-0.15, -0.1) is 0 Å². The van der Waals surface area contributed by atoms with E-state index in [4.69, 9.17) is 9.47 Å². The first-order valence-corrected chi connectivity index (χ1v) is 13.5. The summed E-state index contributed by atoms with van der Waals surface area (Å²) >= 11 is 0. The van der Waals surface area contributed by atoms with Crippen LogP contribution in [0.5, 0.6) is 0 Å². The number of nitrogens with zero attached hydrogens (tertiary/aromatic N) is 3. The van der Waals surface area contributed by atoms with E-state index in [9.17, 15) is 23.5 Å². The number of carbonyl (C=O) groups excluding carboxylic acids is 2. The molecule has 1 aliphatic carbocycles. The van der Waals surface area contributed by atoms with E-state index in [1.807, 2.05) is 19.1 Å². The minimum absolute atomic E-state index is 0.0302. The van der Waals surface area contributed by atoms with Gasteiger partial charge in [-0.2, -0.15) is 0 Å². The summed E-state index contributed by atoms with van der Waals surface area (Å²) in [6, 6.07) is 9.84. The molecule has 41 heavy (non-hydrogen) atoms. The highest BCUT2D eigenvalue weighted by atomic mass is 19.3. The van der Waals surface area contributed by atoms with E-state index in [0.29, 0.717) is 42.9 Å². The van der Waals surface area contributed by atoms with Gasteiger partial charge < -0.3 is 19.9 Å². The van der Waals surface area contributed by atoms with Crippen LogP contribution in [-0.4, -0.2) is 45.2 Å². The lowest BCUT2D eigenvalue weighted by molar-refractivity contribution is -0.156. The summed E-state index contributed by atoms with van der Waals surface area (Å²) < 4.78 is 36.1. The zero-order valence-electron chi connectivity index (χ0n) is 23.3. The summed E-state index contributed by atoms with van der Waals surface area (Å²) in [5, 5.41) is 14.4. The minimum atomic E-state index is -2.60. The fourth-order valence-electron chi connectivity index (χ4n) is 5.05. The first-order chi connectivity index (χ1) is 19.5. The Morgan fingerprint density at radius 3 is 2.44 bits per heavy atom. The van der Waals surface area contributed by atoms with Crippen molar-refractivity contribution in [3.05, 3.63) is 65.6 Å². The molecule has 1 unspecified atom stereocenters. The summed E-state index contributed by atoms with van der Waals surface area (Å²) in [4.78, 5) is 36.4. The zero-order chi connectivity index (χ0) is 29.6. The Balaban J connectivity index is 1.39. The molecule has 9 nitrogen and oxygen atoms in total. The number of nitrogens with one attached hydrogen (secondary N) is 1. The van der Waals surface area contributed by atoms with Crippen molar-refractivity contribution in [3.8, 4) is 11.3 Å². The number of pyridine rings is 3. The third-order valence-corrected chi connectivity index (χ3v) is 7.33. The molecule has 4 rings (SSSR count). The SMILES string of the molecule is CC(=O)OCCOC(=O)C1CCC(C(C)(O)c2ccc(-c3cc(C)cc(Nc4cc(C(F)F)ccn4)n3)cn2)CC1. The van der Waals surface area contributed by atoms with Crippen molar-refractivity contribution in [2.75, 3.05) is 18.5 Å². The van der Waals surface area contributed by atoms with E-state index in [1.54, 1.807) is 25.3 Å². The van der Waals surface area contributed by atoms with Gasteiger partial charge in [0.05, 0.1) is 17.3 Å². The number of esters is 2. The summed E-state index contributed by atoms with van der Waals surface area (Å²) in [7, 11) is 0. The largest absolute Gasteiger partial charge is 0.462 e. The quantitative estimate of drug-likeness (QED) is 0.236. The second-order valence-electron chi connectivity index (χ2n) is 10.5. The number of hydrogen-bond donors (Lipinski definition) is 2. The standard InChI is InChI=1S/C30H34F2N4O5/c1-18-14-24(35-27(15-18)36-26-16-21(28(31)32)10-11-33-26)22-6-9-25(34-17-22)30(3,39)23-7-4-20(5-8-23)29(38)41-13-12-40-19(2)37/h6,9-11,14-17,20,23,28,39H,4-5,7-8,12-13H2,1-3H3,(H,33,35,36). The molecule has 3 aromatic heterocycles. The molecule has 1 saturated carbocycles. The summed E-state index contributed by atoms with van der Waals surface area (Å²) in [5.41, 5.74) is 1.45. The maximum Gasteiger partial charge on any atom is 0.309 e. The normalized spacial score (nSPS) is 18.4. The number of aliphatic hydroxyl groups is 1. The number of aromatic nitrogens is 3. The highest BCUT2D eigenvalue weighted by molar-refractivity contribution is 5.72. The van der Waals surface area contributed by atoms with Gasteiger partial charge in [-0.25, -0.2) is 18.7 Å². The fraction of sp³-hybridized carbons (Fsp3) is 0.433. The van der Waals surface area contributed by atoms with Crippen molar-refractivity contribution < 1.29 is 33.0 Å². The van der Waals surface area contributed by atoms with Crippen LogP contribution in [0.3, 0.4) is 0 Å². The molecule has 1 aliphatic rings.